The van der Waals surface area contributed by atoms with Crippen molar-refractivity contribution >= 4 is 11.8 Å². The van der Waals surface area contributed by atoms with E-state index in [9.17, 15) is 9.59 Å². The first kappa shape index (κ1) is 25.5. The van der Waals surface area contributed by atoms with Crippen LogP contribution in [0.3, 0.4) is 0 Å². The van der Waals surface area contributed by atoms with Gasteiger partial charge in [0.25, 0.3) is 5.91 Å². The van der Waals surface area contributed by atoms with Gasteiger partial charge in [-0.05, 0) is 12.8 Å². The fourth-order valence-corrected chi connectivity index (χ4v) is 3.48. The van der Waals surface area contributed by atoms with Gasteiger partial charge in [0, 0.05) is 30.7 Å². The molecule has 0 saturated heterocycles. The van der Waals surface area contributed by atoms with E-state index in [0.717, 1.165) is 12.0 Å². The zero-order valence-corrected chi connectivity index (χ0v) is 19.9. The second-order valence-corrected chi connectivity index (χ2v) is 7.52. The number of amides is 2. The molecule has 0 unspecified atom stereocenters. The molecule has 0 saturated carbocycles. The number of nitrogens with zero attached hydrogens (tertiary/aromatic N) is 3. The first-order chi connectivity index (χ1) is 17.0. The van der Waals surface area contributed by atoms with Crippen LogP contribution in [0.25, 0.3) is 17.1 Å². The lowest BCUT2D eigenvalue weighted by atomic mass is 10.2. The minimum absolute atomic E-state index is 0.0114. The first-order valence-corrected chi connectivity index (χ1v) is 11.1. The van der Waals surface area contributed by atoms with Gasteiger partial charge in [-0.2, -0.15) is 0 Å². The molecule has 11 heteroatoms. The highest BCUT2D eigenvalue weighted by molar-refractivity contribution is 5.91. The molecule has 0 atom stereocenters. The molecule has 0 fully saturated rings. The Morgan fingerprint density at radius 1 is 0.971 bits per heavy atom. The Hall–Kier alpha value is -4.12. The van der Waals surface area contributed by atoms with E-state index in [1.165, 1.54) is 21.3 Å². The number of methoxy groups -OCH3 is 3. The number of benzene rings is 2. The van der Waals surface area contributed by atoms with Crippen LogP contribution in [0.5, 0.6) is 17.2 Å². The third-order valence-electron chi connectivity index (χ3n) is 5.23. The second-order valence-electron chi connectivity index (χ2n) is 7.52. The van der Waals surface area contributed by atoms with Crippen LogP contribution in [0.15, 0.2) is 42.5 Å². The molecule has 0 spiro atoms. The Bertz CT molecular complexity index is 1120. The zero-order valence-electron chi connectivity index (χ0n) is 19.9. The molecule has 35 heavy (non-hydrogen) atoms. The van der Waals surface area contributed by atoms with Crippen molar-refractivity contribution in [2.45, 2.75) is 25.7 Å². The predicted octanol–water partition coefficient (Wildman–Crippen LogP) is 2.76. The topological polar surface area (TPSA) is 137 Å². The summed E-state index contributed by atoms with van der Waals surface area (Å²) in [6, 6.07) is 12.9. The number of carbonyl (C=O) groups excluding carboxylic acids is 2. The molecule has 186 valence electrons. The minimum Gasteiger partial charge on any atom is -0.493 e. The number of aromatic nitrogens is 3. The maximum atomic E-state index is 12.8. The van der Waals surface area contributed by atoms with E-state index in [-0.39, 0.29) is 12.2 Å². The van der Waals surface area contributed by atoms with Crippen molar-refractivity contribution in [3.63, 3.8) is 0 Å². The minimum atomic E-state index is -0.427. The number of carbonyl (C=O) groups is 2. The van der Waals surface area contributed by atoms with Crippen LogP contribution in [0, 0.1) is 0 Å². The third kappa shape index (κ3) is 6.27. The van der Waals surface area contributed by atoms with Gasteiger partial charge in [-0.15, -0.1) is 5.10 Å². The largest absolute Gasteiger partial charge is 0.493 e. The Labute approximate surface area is 203 Å². The second kappa shape index (κ2) is 12.4. The molecule has 1 aromatic heterocycles. The van der Waals surface area contributed by atoms with Gasteiger partial charge < -0.3 is 19.5 Å². The summed E-state index contributed by atoms with van der Waals surface area (Å²) in [5.74, 6) is 0.965. The summed E-state index contributed by atoms with van der Waals surface area (Å²) in [4.78, 5) is 28.3. The van der Waals surface area contributed by atoms with Gasteiger partial charge in [-0.3, -0.25) is 14.8 Å². The van der Waals surface area contributed by atoms with E-state index in [2.05, 4.69) is 15.4 Å². The Morgan fingerprint density at radius 2 is 1.66 bits per heavy atom. The summed E-state index contributed by atoms with van der Waals surface area (Å²) in [7, 11) is 4.57. The summed E-state index contributed by atoms with van der Waals surface area (Å²) in [6.45, 7) is 0.402. The summed E-state index contributed by atoms with van der Waals surface area (Å²) < 4.78 is 17.9. The lowest BCUT2D eigenvalue weighted by molar-refractivity contribution is -0.129. The Kier molecular flexibility index (Phi) is 9.02. The highest BCUT2D eigenvalue weighted by Gasteiger charge is 2.21. The normalized spacial score (nSPS) is 10.5. The van der Waals surface area contributed by atoms with Crippen molar-refractivity contribution in [3.05, 3.63) is 48.3 Å². The Morgan fingerprint density at radius 3 is 2.26 bits per heavy atom. The van der Waals surface area contributed by atoms with E-state index in [1.54, 1.807) is 22.3 Å². The van der Waals surface area contributed by atoms with E-state index in [1.807, 2.05) is 30.3 Å². The quantitative estimate of drug-likeness (QED) is 0.203. The van der Waals surface area contributed by atoms with Crippen molar-refractivity contribution in [3.8, 4) is 34.3 Å². The lowest BCUT2D eigenvalue weighted by Gasteiger charge is -2.14. The smallest absolute Gasteiger partial charge is 0.290 e. The first-order valence-electron chi connectivity index (χ1n) is 11.1. The van der Waals surface area contributed by atoms with Crippen molar-refractivity contribution in [2.24, 2.45) is 0 Å². The van der Waals surface area contributed by atoms with E-state index in [4.69, 9.17) is 19.4 Å². The van der Waals surface area contributed by atoms with Crippen molar-refractivity contribution < 1.29 is 29.0 Å². The van der Waals surface area contributed by atoms with Crippen molar-refractivity contribution in [2.75, 3.05) is 27.9 Å². The third-order valence-corrected chi connectivity index (χ3v) is 5.23. The monoisotopic (exact) mass is 483 g/mol. The van der Waals surface area contributed by atoms with Gasteiger partial charge in [-0.1, -0.05) is 36.8 Å². The molecular weight excluding hydrogens is 454 g/mol. The molecule has 0 bridgehead atoms. The Balaban J connectivity index is 1.86. The number of nitrogens with one attached hydrogen (secondary N) is 2. The number of hydroxylamine groups is 1. The van der Waals surface area contributed by atoms with Crippen LogP contribution in [0.1, 0.15) is 36.3 Å². The average molecular weight is 484 g/mol. The number of rotatable bonds is 12. The van der Waals surface area contributed by atoms with Gasteiger partial charge >= 0.3 is 0 Å². The van der Waals surface area contributed by atoms with Crippen LogP contribution < -0.4 is 25.0 Å². The summed E-state index contributed by atoms with van der Waals surface area (Å²) >= 11 is 0. The standard InChI is InChI=1S/C24H29N5O6/c1-33-18-14-17(15-19(34-2)21(18)35-3)29-23(16-10-6-4-7-11-16)26-22(27-29)24(31)25-13-9-5-8-12-20(30)28-32/h4,6-7,10-11,14-15,32H,5,8-9,12-13H2,1-3H3,(H,25,31)(H,28,30). The number of unbranched alkanes of at least 4 members (excludes halogenated alkanes) is 2. The molecule has 0 radical (unpaired) electrons. The molecular formula is C24H29N5O6. The fraction of sp³-hybridized carbons (Fsp3) is 0.333. The molecule has 0 aliphatic carbocycles. The summed E-state index contributed by atoms with van der Waals surface area (Å²) in [5, 5.41) is 15.8. The molecule has 3 rings (SSSR count). The average Bonchev–Trinajstić information content (AvgIpc) is 3.35. The highest BCUT2D eigenvalue weighted by atomic mass is 16.5. The molecule has 11 nitrogen and oxygen atoms in total. The van der Waals surface area contributed by atoms with Crippen LogP contribution >= 0.6 is 0 Å². The number of ether oxygens (including phenoxy) is 3. The van der Waals surface area contributed by atoms with E-state index < -0.39 is 11.8 Å². The molecule has 2 aromatic carbocycles. The molecule has 3 aromatic rings. The summed E-state index contributed by atoms with van der Waals surface area (Å²) in [5.41, 5.74) is 2.95. The number of hydrogen-bond donors (Lipinski definition) is 3. The molecule has 2 amide bonds. The molecule has 3 N–H and O–H groups in total. The van der Waals surface area contributed by atoms with Crippen molar-refractivity contribution in [1.29, 1.82) is 0 Å². The molecule has 0 aliphatic rings. The zero-order chi connectivity index (χ0) is 25.2. The van der Waals surface area contributed by atoms with Gasteiger partial charge in [-0.25, -0.2) is 15.1 Å². The SMILES string of the molecule is COc1cc(-n2nc(C(=O)NCCCCCC(=O)NO)nc2-c2ccccc2)cc(OC)c1OC. The highest BCUT2D eigenvalue weighted by Crippen LogP contribution is 2.39. The van der Waals surface area contributed by atoms with Crippen LogP contribution in [0.2, 0.25) is 0 Å². The maximum absolute atomic E-state index is 12.8. The van der Waals surface area contributed by atoms with E-state index >= 15 is 0 Å². The predicted molar refractivity (Wildman–Crippen MR) is 127 cm³/mol. The maximum Gasteiger partial charge on any atom is 0.290 e. The van der Waals surface area contributed by atoms with Gasteiger partial charge in [0.1, 0.15) is 0 Å². The number of hydrogen-bond acceptors (Lipinski definition) is 8. The van der Waals surface area contributed by atoms with Crippen LogP contribution in [-0.4, -0.2) is 59.7 Å². The van der Waals surface area contributed by atoms with Crippen LogP contribution in [0.4, 0.5) is 0 Å². The van der Waals surface area contributed by atoms with Crippen LogP contribution in [-0.2, 0) is 4.79 Å². The van der Waals surface area contributed by atoms with Gasteiger partial charge in [0.2, 0.25) is 17.5 Å². The molecule has 0 aliphatic heterocycles. The van der Waals surface area contributed by atoms with Crippen molar-refractivity contribution in [1.82, 2.24) is 25.6 Å². The van der Waals surface area contributed by atoms with E-state index in [0.29, 0.717) is 48.1 Å². The fourth-order valence-electron chi connectivity index (χ4n) is 3.48. The lowest BCUT2D eigenvalue weighted by Crippen LogP contribution is -2.25. The van der Waals surface area contributed by atoms with Gasteiger partial charge in [0.05, 0.1) is 27.0 Å². The summed E-state index contributed by atoms with van der Waals surface area (Å²) in [6.07, 6.45) is 2.22. The molecule has 1 heterocycles. The van der Waals surface area contributed by atoms with Gasteiger partial charge in [0.15, 0.2) is 17.3 Å².